The topological polar surface area (TPSA) is 87.2 Å². The predicted octanol–water partition coefficient (Wildman–Crippen LogP) is 0.509. The molecular weight excluding hydrogens is 282 g/mol. The van der Waals surface area contributed by atoms with Gasteiger partial charge >= 0.3 is 0 Å². The number of rotatable bonds is 7. The molecule has 1 aliphatic heterocycles. The lowest BCUT2D eigenvalue weighted by Crippen LogP contribution is -2.36. The fraction of sp³-hybridized carbons (Fsp3) is 0.600. The normalized spacial score (nSPS) is 17.9. The van der Waals surface area contributed by atoms with Crippen LogP contribution < -0.4 is 10.6 Å². The Balaban J connectivity index is 1.68. The van der Waals surface area contributed by atoms with Crippen molar-refractivity contribution in [1.82, 2.24) is 20.2 Å². The van der Waals surface area contributed by atoms with Crippen LogP contribution in [0.3, 0.4) is 0 Å². The van der Waals surface area contributed by atoms with Crippen molar-refractivity contribution in [3.63, 3.8) is 0 Å². The molecule has 2 amide bonds. The molecule has 0 aliphatic carbocycles. The first-order valence-electron chi connectivity index (χ1n) is 7.61. The van der Waals surface area contributed by atoms with Gasteiger partial charge in [0.2, 0.25) is 11.8 Å². The lowest BCUT2D eigenvalue weighted by atomic mass is 10.1. The molecule has 7 heteroatoms. The van der Waals surface area contributed by atoms with Crippen molar-refractivity contribution >= 4 is 17.6 Å². The van der Waals surface area contributed by atoms with E-state index in [1.807, 2.05) is 0 Å². The van der Waals surface area contributed by atoms with Gasteiger partial charge in [-0.2, -0.15) is 0 Å². The zero-order valence-electron chi connectivity index (χ0n) is 13.1. The molecule has 1 aromatic rings. The van der Waals surface area contributed by atoms with Crippen molar-refractivity contribution in [2.45, 2.75) is 20.3 Å². The van der Waals surface area contributed by atoms with Gasteiger partial charge < -0.3 is 15.5 Å². The second kappa shape index (κ2) is 7.72. The highest BCUT2D eigenvalue weighted by Crippen LogP contribution is 2.19. The smallest absolute Gasteiger partial charge is 0.225 e. The highest BCUT2D eigenvalue weighted by Gasteiger charge is 2.34. The number of carbonyl (C=O) groups excluding carboxylic acids is 2. The number of nitrogens with zero attached hydrogens (tertiary/aromatic N) is 3. The highest BCUT2D eigenvalue weighted by molar-refractivity contribution is 5.89. The summed E-state index contributed by atoms with van der Waals surface area (Å²) in [6, 6.07) is 0. The lowest BCUT2D eigenvalue weighted by Gasteiger charge is -2.18. The van der Waals surface area contributed by atoms with Crippen LogP contribution >= 0.6 is 0 Å². The first-order chi connectivity index (χ1) is 10.6. The van der Waals surface area contributed by atoms with Crippen molar-refractivity contribution in [3.8, 4) is 0 Å². The molecule has 2 heterocycles. The predicted molar refractivity (Wildman–Crippen MR) is 83.1 cm³/mol. The molecule has 0 saturated carbocycles. The van der Waals surface area contributed by atoms with Crippen molar-refractivity contribution in [3.05, 3.63) is 18.6 Å². The van der Waals surface area contributed by atoms with Crippen LogP contribution in [0.4, 0.5) is 5.82 Å². The molecular formula is C15H23N5O2. The number of nitrogens with one attached hydrogen (secondary N) is 2. The van der Waals surface area contributed by atoms with E-state index in [0.717, 1.165) is 6.54 Å². The summed E-state index contributed by atoms with van der Waals surface area (Å²) < 4.78 is 0. The summed E-state index contributed by atoms with van der Waals surface area (Å²) in [6.07, 6.45) is 5.15. The molecule has 1 aromatic heterocycles. The summed E-state index contributed by atoms with van der Waals surface area (Å²) in [5.74, 6) is 0.882. The van der Waals surface area contributed by atoms with E-state index >= 15 is 0 Å². The van der Waals surface area contributed by atoms with Gasteiger partial charge in [-0.25, -0.2) is 4.98 Å². The van der Waals surface area contributed by atoms with Gasteiger partial charge in [0.05, 0.1) is 12.1 Å². The summed E-state index contributed by atoms with van der Waals surface area (Å²) in [7, 11) is 0. The number of hydrogen-bond acceptors (Lipinski definition) is 5. The Hall–Kier alpha value is -2.18. The number of hydrogen-bond donors (Lipinski definition) is 2. The Labute approximate surface area is 130 Å². The lowest BCUT2D eigenvalue weighted by molar-refractivity contribution is -0.129. The number of aromatic nitrogens is 2. The molecule has 120 valence electrons. The molecule has 0 spiro atoms. The summed E-state index contributed by atoms with van der Waals surface area (Å²) in [6.45, 7) is 6.44. The van der Waals surface area contributed by atoms with Crippen LogP contribution in [0.2, 0.25) is 0 Å². The van der Waals surface area contributed by atoms with E-state index in [-0.39, 0.29) is 17.7 Å². The van der Waals surface area contributed by atoms with Crippen LogP contribution in [0, 0.1) is 11.8 Å². The molecule has 2 rings (SSSR count). The van der Waals surface area contributed by atoms with Gasteiger partial charge in [0.1, 0.15) is 5.82 Å². The van der Waals surface area contributed by atoms with Crippen LogP contribution in [0.5, 0.6) is 0 Å². The van der Waals surface area contributed by atoms with E-state index < -0.39 is 0 Å². The molecule has 2 N–H and O–H groups in total. The van der Waals surface area contributed by atoms with Crippen LogP contribution in [0.1, 0.15) is 20.3 Å². The highest BCUT2D eigenvalue weighted by atomic mass is 16.2. The quantitative estimate of drug-likeness (QED) is 0.717. The monoisotopic (exact) mass is 305 g/mol. The molecule has 1 aliphatic rings. The molecule has 1 saturated heterocycles. The zero-order chi connectivity index (χ0) is 15.9. The Morgan fingerprint density at radius 3 is 2.91 bits per heavy atom. The fourth-order valence-electron chi connectivity index (χ4n) is 2.48. The maximum atomic E-state index is 12.1. The van der Waals surface area contributed by atoms with Gasteiger partial charge in [0.15, 0.2) is 0 Å². The van der Waals surface area contributed by atoms with Crippen molar-refractivity contribution in [1.29, 1.82) is 0 Å². The third kappa shape index (κ3) is 4.68. The van der Waals surface area contributed by atoms with Gasteiger partial charge in [-0.3, -0.25) is 14.6 Å². The molecule has 0 radical (unpaired) electrons. The molecule has 7 nitrogen and oxygen atoms in total. The molecule has 1 fully saturated rings. The molecule has 1 atom stereocenters. The van der Waals surface area contributed by atoms with Crippen molar-refractivity contribution < 1.29 is 9.59 Å². The van der Waals surface area contributed by atoms with Gasteiger partial charge in [0, 0.05) is 45.0 Å². The van der Waals surface area contributed by atoms with E-state index in [1.165, 1.54) is 0 Å². The standard InChI is InChI=1S/C15H23N5O2/c1-11(2)9-20-10-12(7-14(20)21)15(22)19-6-5-18-13-8-16-3-4-17-13/h3-4,8,11-12H,5-7,9-10H2,1-2H3,(H,17,18)(H,19,22)/t12-/m0/s1. The average Bonchev–Trinajstić information content (AvgIpc) is 2.85. The van der Waals surface area contributed by atoms with Gasteiger partial charge in [-0.05, 0) is 5.92 Å². The Kier molecular flexibility index (Phi) is 5.68. The third-order valence-corrected chi connectivity index (χ3v) is 3.46. The van der Waals surface area contributed by atoms with Gasteiger partial charge in [-0.15, -0.1) is 0 Å². The second-order valence-electron chi connectivity index (χ2n) is 5.90. The largest absolute Gasteiger partial charge is 0.367 e. The summed E-state index contributed by atoms with van der Waals surface area (Å²) >= 11 is 0. The van der Waals surface area contributed by atoms with E-state index in [1.54, 1.807) is 23.5 Å². The third-order valence-electron chi connectivity index (χ3n) is 3.46. The van der Waals surface area contributed by atoms with Crippen LogP contribution in [-0.2, 0) is 9.59 Å². The first kappa shape index (κ1) is 16.2. The van der Waals surface area contributed by atoms with E-state index in [9.17, 15) is 9.59 Å². The SMILES string of the molecule is CC(C)CN1C[C@@H](C(=O)NCCNc2cnccn2)CC1=O. The maximum absolute atomic E-state index is 12.1. The fourth-order valence-corrected chi connectivity index (χ4v) is 2.48. The average molecular weight is 305 g/mol. The summed E-state index contributed by atoms with van der Waals surface area (Å²) in [5.41, 5.74) is 0. The Bertz CT molecular complexity index is 506. The molecule has 0 unspecified atom stereocenters. The summed E-state index contributed by atoms with van der Waals surface area (Å²) in [5, 5.41) is 5.93. The minimum Gasteiger partial charge on any atom is -0.367 e. The van der Waals surface area contributed by atoms with Gasteiger partial charge in [0.25, 0.3) is 0 Å². The second-order valence-corrected chi connectivity index (χ2v) is 5.90. The maximum Gasteiger partial charge on any atom is 0.225 e. The van der Waals surface area contributed by atoms with Crippen LogP contribution in [-0.4, -0.2) is 52.9 Å². The number of anilines is 1. The van der Waals surface area contributed by atoms with Crippen molar-refractivity contribution in [2.24, 2.45) is 11.8 Å². The minimum absolute atomic E-state index is 0.0550. The number of amides is 2. The van der Waals surface area contributed by atoms with Gasteiger partial charge in [-0.1, -0.05) is 13.8 Å². The first-order valence-corrected chi connectivity index (χ1v) is 7.61. The minimum atomic E-state index is -0.234. The van der Waals surface area contributed by atoms with Crippen LogP contribution in [0.15, 0.2) is 18.6 Å². The van der Waals surface area contributed by atoms with Crippen molar-refractivity contribution in [2.75, 3.05) is 31.5 Å². The van der Waals surface area contributed by atoms with E-state index in [4.69, 9.17) is 0 Å². The van der Waals surface area contributed by atoms with Crippen LogP contribution in [0.25, 0.3) is 0 Å². The Morgan fingerprint density at radius 2 is 2.23 bits per heavy atom. The molecule has 0 bridgehead atoms. The number of likely N-dealkylation sites (tertiary alicyclic amines) is 1. The summed E-state index contributed by atoms with van der Waals surface area (Å²) in [4.78, 5) is 33.8. The molecule has 22 heavy (non-hydrogen) atoms. The molecule has 0 aromatic carbocycles. The number of carbonyl (C=O) groups is 2. The van der Waals surface area contributed by atoms with E-state index in [0.29, 0.717) is 37.8 Å². The van der Waals surface area contributed by atoms with E-state index in [2.05, 4.69) is 34.4 Å². The Morgan fingerprint density at radius 1 is 1.41 bits per heavy atom. The zero-order valence-corrected chi connectivity index (χ0v) is 13.1.